The molecule has 0 aliphatic heterocycles. The molecule has 3 aromatic carbocycles. The van der Waals surface area contributed by atoms with E-state index in [-0.39, 0.29) is 23.7 Å². The molecule has 0 bridgehead atoms. The summed E-state index contributed by atoms with van der Waals surface area (Å²) in [6, 6.07) is 19.4. The van der Waals surface area contributed by atoms with Crippen LogP contribution in [-0.2, 0) is 4.79 Å². The van der Waals surface area contributed by atoms with Gasteiger partial charge in [-0.3, -0.25) is 4.79 Å². The van der Waals surface area contributed by atoms with Gasteiger partial charge in [-0.2, -0.15) is 0 Å². The van der Waals surface area contributed by atoms with E-state index in [1.807, 2.05) is 55.5 Å². The number of halogens is 3. The zero-order valence-electron chi connectivity index (χ0n) is 19.7. The largest absolute Gasteiger partial charge is 0.326 e. The van der Waals surface area contributed by atoms with Crippen molar-refractivity contribution in [3.63, 3.8) is 0 Å². The minimum atomic E-state index is -1.22. The Morgan fingerprint density at radius 1 is 1.06 bits per heavy atom. The fourth-order valence-corrected chi connectivity index (χ4v) is 5.73. The van der Waals surface area contributed by atoms with Crippen molar-refractivity contribution in [2.75, 3.05) is 11.1 Å². The topological polar surface area (TPSA) is 29.1 Å². The van der Waals surface area contributed by atoms with Crippen LogP contribution < -0.4 is 5.32 Å². The Hall–Kier alpha value is -2.01. The summed E-state index contributed by atoms with van der Waals surface area (Å²) < 4.78 is 13.8. The van der Waals surface area contributed by atoms with Gasteiger partial charge in [0.05, 0.1) is 0 Å². The number of alkyl halides is 1. The van der Waals surface area contributed by atoms with Crippen LogP contribution in [0.3, 0.4) is 0 Å². The molecule has 178 valence electrons. The summed E-state index contributed by atoms with van der Waals surface area (Å²) in [7, 11) is 0. The van der Waals surface area contributed by atoms with Crippen LogP contribution in [0, 0.1) is 18.8 Å². The van der Waals surface area contributed by atoms with Gasteiger partial charge in [0.15, 0.2) is 0 Å². The van der Waals surface area contributed by atoms with Crippen molar-refractivity contribution < 1.29 is 9.18 Å². The number of carbonyl (C=O) groups excluding carboxylic acids is 1. The summed E-state index contributed by atoms with van der Waals surface area (Å²) >= 11 is 14.2. The van der Waals surface area contributed by atoms with Crippen LogP contribution in [0.5, 0.6) is 0 Å². The molecule has 1 fully saturated rings. The lowest BCUT2D eigenvalue weighted by Gasteiger charge is -2.13. The number of thioether (sulfide) groups is 1. The molecule has 4 rings (SSSR count). The minimum Gasteiger partial charge on any atom is -0.326 e. The van der Waals surface area contributed by atoms with E-state index in [1.165, 1.54) is 11.8 Å². The first-order valence-corrected chi connectivity index (χ1v) is 13.1. The summed E-state index contributed by atoms with van der Waals surface area (Å²) in [6.45, 7) is 7.27. The van der Waals surface area contributed by atoms with E-state index in [1.54, 1.807) is 19.9 Å². The quantitative estimate of drug-likeness (QED) is 0.318. The van der Waals surface area contributed by atoms with Crippen LogP contribution in [0.15, 0.2) is 65.6 Å². The number of rotatable bonds is 7. The second-order valence-electron chi connectivity index (χ2n) is 9.69. The van der Waals surface area contributed by atoms with Crippen molar-refractivity contribution in [3.05, 3.63) is 81.8 Å². The predicted molar refractivity (Wildman–Crippen MR) is 143 cm³/mol. The van der Waals surface area contributed by atoms with Gasteiger partial charge in [-0.05, 0) is 91.8 Å². The predicted octanol–water partition coefficient (Wildman–Crippen LogP) is 8.80. The van der Waals surface area contributed by atoms with Gasteiger partial charge < -0.3 is 5.32 Å². The second kappa shape index (κ2) is 9.93. The number of aryl methyl sites for hydroxylation is 1. The summed E-state index contributed by atoms with van der Waals surface area (Å²) in [5, 5.41) is 4.38. The minimum absolute atomic E-state index is 0.00369. The highest BCUT2D eigenvalue weighted by Gasteiger charge is 2.52. The number of anilines is 1. The van der Waals surface area contributed by atoms with Gasteiger partial charge in [0, 0.05) is 37.9 Å². The fourth-order valence-electron chi connectivity index (χ4n) is 4.37. The van der Waals surface area contributed by atoms with Crippen LogP contribution >= 0.6 is 35.0 Å². The van der Waals surface area contributed by atoms with Gasteiger partial charge >= 0.3 is 0 Å². The van der Waals surface area contributed by atoms with Crippen molar-refractivity contribution >= 4 is 46.6 Å². The van der Waals surface area contributed by atoms with Gasteiger partial charge in [0.1, 0.15) is 5.67 Å². The SMILES string of the molecule is Cc1cc(Cl)cc(C2C(C)C2C(=O)Nc2ccc(Cl)c(-c3ccc(SCC(C)(C)F)cc3)c2)c1. The molecule has 0 radical (unpaired) electrons. The highest BCUT2D eigenvalue weighted by Crippen LogP contribution is 2.54. The maximum Gasteiger partial charge on any atom is 0.228 e. The van der Waals surface area contributed by atoms with E-state index in [0.717, 1.165) is 27.1 Å². The molecular formula is C28H28Cl2FNOS. The first kappa shape index (κ1) is 25.1. The van der Waals surface area contributed by atoms with E-state index < -0.39 is 5.67 Å². The van der Waals surface area contributed by atoms with Crippen molar-refractivity contribution in [2.24, 2.45) is 11.8 Å². The van der Waals surface area contributed by atoms with Crippen LogP contribution in [0.1, 0.15) is 37.8 Å². The zero-order chi connectivity index (χ0) is 24.6. The molecule has 3 unspecified atom stereocenters. The zero-order valence-corrected chi connectivity index (χ0v) is 22.0. The summed E-state index contributed by atoms with van der Waals surface area (Å²) in [4.78, 5) is 14.1. The number of carbonyl (C=O) groups is 1. The van der Waals surface area contributed by atoms with Gasteiger partial charge in [-0.25, -0.2) is 4.39 Å². The monoisotopic (exact) mass is 515 g/mol. The number of hydrogen-bond donors (Lipinski definition) is 1. The number of nitrogens with one attached hydrogen (secondary N) is 1. The van der Waals surface area contributed by atoms with E-state index in [4.69, 9.17) is 23.2 Å². The average molecular weight is 517 g/mol. The Labute approximate surface area is 215 Å². The van der Waals surface area contributed by atoms with Gasteiger partial charge in [0.2, 0.25) is 5.91 Å². The Balaban J connectivity index is 1.47. The van der Waals surface area contributed by atoms with E-state index >= 15 is 0 Å². The molecule has 1 aliphatic carbocycles. The molecule has 1 saturated carbocycles. The van der Waals surface area contributed by atoms with Crippen molar-refractivity contribution in [1.29, 1.82) is 0 Å². The molecule has 0 aromatic heterocycles. The lowest BCUT2D eigenvalue weighted by molar-refractivity contribution is -0.117. The molecule has 1 aliphatic rings. The average Bonchev–Trinajstić information content (AvgIpc) is 3.44. The number of hydrogen-bond acceptors (Lipinski definition) is 2. The van der Waals surface area contributed by atoms with Crippen LogP contribution in [0.2, 0.25) is 10.0 Å². The third-order valence-electron chi connectivity index (χ3n) is 6.11. The molecule has 34 heavy (non-hydrogen) atoms. The summed E-state index contributed by atoms with van der Waals surface area (Å²) in [5.41, 5.74) is 3.49. The maximum absolute atomic E-state index is 13.8. The Morgan fingerprint density at radius 3 is 2.41 bits per heavy atom. The molecule has 6 heteroatoms. The fraction of sp³-hybridized carbons (Fsp3) is 0.321. The first-order chi connectivity index (χ1) is 16.0. The molecule has 3 aromatic rings. The third-order valence-corrected chi connectivity index (χ3v) is 8.10. The van der Waals surface area contributed by atoms with E-state index in [0.29, 0.717) is 21.5 Å². The van der Waals surface area contributed by atoms with Gasteiger partial charge in [-0.15, -0.1) is 11.8 Å². The van der Waals surface area contributed by atoms with Crippen molar-refractivity contribution in [2.45, 2.75) is 44.2 Å². The Kier molecular flexibility index (Phi) is 7.33. The maximum atomic E-state index is 13.8. The van der Waals surface area contributed by atoms with Gasteiger partial charge in [-0.1, -0.05) is 48.3 Å². The molecule has 1 N–H and O–H groups in total. The molecule has 1 amide bonds. The molecule has 0 saturated heterocycles. The lowest BCUT2D eigenvalue weighted by Crippen LogP contribution is -2.15. The van der Waals surface area contributed by atoms with Crippen LogP contribution in [-0.4, -0.2) is 17.3 Å². The number of amides is 1. The van der Waals surface area contributed by atoms with Gasteiger partial charge in [0.25, 0.3) is 0 Å². The summed E-state index contributed by atoms with van der Waals surface area (Å²) in [6.07, 6.45) is 0. The molecule has 0 heterocycles. The number of benzene rings is 3. The normalized spacial score (nSPS) is 19.7. The Morgan fingerprint density at radius 2 is 1.76 bits per heavy atom. The summed E-state index contributed by atoms with van der Waals surface area (Å²) in [5.74, 6) is 0.730. The van der Waals surface area contributed by atoms with Crippen LogP contribution in [0.4, 0.5) is 10.1 Å². The lowest BCUT2D eigenvalue weighted by atomic mass is 10.0. The molecule has 0 spiro atoms. The highest BCUT2D eigenvalue weighted by molar-refractivity contribution is 7.99. The third kappa shape index (κ3) is 5.97. The van der Waals surface area contributed by atoms with Crippen molar-refractivity contribution in [3.8, 4) is 11.1 Å². The smallest absolute Gasteiger partial charge is 0.228 e. The first-order valence-electron chi connectivity index (χ1n) is 11.3. The molecular weight excluding hydrogens is 488 g/mol. The highest BCUT2D eigenvalue weighted by atomic mass is 35.5. The molecule has 3 atom stereocenters. The van der Waals surface area contributed by atoms with E-state index in [9.17, 15) is 9.18 Å². The van der Waals surface area contributed by atoms with Crippen molar-refractivity contribution in [1.82, 2.24) is 0 Å². The van der Waals surface area contributed by atoms with Crippen LogP contribution in [0.25, 0.3) is 11.1 Å². The van der Waals surface area contributed by atoms with E-state index in [2.05, 4.69) is 18.3 Å². The Bertz CT molecular complexity index is 1190. The second-order valence-corrected chi connectivity index (χ2v) is 11.6. The molecule has 2 nitrogen and oxygen atoms in total. The standard InChI is InChI=1S/C28H28Cl2FNOS/c1-16-11-19(13-20(29)12-16)25-17(2)26(25)27(33)32-21-7-10-24(30)23(14-21)18-5-8-22(9-6-18)34-15-28(3,4)31/h5-14,17,25-26H,15H2,1-4H3,(H,32,33).